The summed E-state index contributed by atoms with van der Waals surface area (Å²) in [6, 6.07) is 4.07. The minimum atomic E-state index is -1.51. The first kappa shape index (κ1) is 28.2. The monoisotopic (exact) mass is 379 g/mol. The van der Waals surface area contributed by atoms with E-state index >= 15 is 0 Å². The van der Waals surface area contributed by atoms with Crippen molar-refractivity contribution in [2.75, 3.05) is 11.9 Å². The molecule has 0 aromatic heterocycles. The first-order chi connectivity index (χ1) is 11.6. The summed E-state index contributed by atoms with van der Waals surface area (Å²) in [5.74, 6) is -3.03. The molecule has 0 bridgehead atoms. The molecule has 7 heteroatoms. The van der Waals surface area contributed by atoms with Crippen LogP contribution in [0.15, 0.2) is 18.2 Å². The predicted octanol–water partition coefficient (Wildman–Crippen LogP) is -3.64. The van der Waals surface area contributed by atoms with Gasteiger partial charge >= 0.3 is 59.1 Å². The van der Waals surface area contributed by atoms with E-state index in [1.807, 2.05) is 0 Å². The second-order valence-corrected chi connectivity index (χ2v) is 6.09. The molecule has 0 unspecified atom stereocenters. The summed E-state index contributed by atoms with van der Waals surface area (Å²) in [7, 11) is 0. The summed E-state index contributed by atoms with van der Waals surface area (Å²) < 4.78 is 0. The van der Waals surface area contributed by atoms with Crippen LogP contribution in [0.2, 0.25) is 0 Å². The van der Waals surface area contributed by atoms with Gasteiger partial charge in [-0.2, -0.15) is 0 Å². The number of unbranched alkanes of at least 4 members (excludes halogenated alkanes) is 8. The average molecular weight is 379 g/mol. The molecule has 0 saturated carbocycles. The fourth-order valence-corrected chi connectivity index (χ4v) is 2.67. The fourth-order valence-electron chi connectivity index (χ4n) is 2.67. The van der Waals surface area contributed by atoms with Crippen LogP contribution >= 0.6 is 0 Å². The molecule has 0 saturated heterocycles. The number of carboxylic acids is 2. The number of anilines is 1. The van der Waals surface area contributed by atoms with Crippen LogP contribution in [0.3, 0.4) is 0 Å². The van der Waals surface area contributed by atoms with Crippen LogP contribution in [0.1, 0.15) is 85.4 Å². The van der Waals surface area contributed by atoms with Gasteiger partial charge in [-0.1, -0.05) is 64.4 Å². The number of carboxylic acid groups (broad SMARTS) is 2. The van der Waals surface area contributed by atoms with Gasteiger partial charge in [0, 0.05) is 23.4 Å². The van der Waals surface area contributed by atoms with Gasteiger partial charge in [-0.05, 0) is 18.6 Å². The number of benzene rings is 1. The Morgan fingerprint density at radius 3 is 1.81 bits per heavy atom. The van der Waals surface area contributed by atoms with E-state index in [2.05, 4.69) is 12.2 Å². The summed E-state index contributed by atoms with van der Waals surface area (Å²) in [6.45, 7) is 2.95. The summed E-state index contributed by atoms with van der Waals surface area (Å²) in [6.07, 6.45) is 11.2. The van der Waals surface area contributed by atoms with E-state index in [0.29, 0.717) is 5.69 Å². The van der Waals surface area contributed by atoms with Gasteiger partial charge in [0.15, 0.2) is 0 Å². The first-order valence-corrected chi connectivity index (χ1v) is 8.87. The van der Waals surface area contributed by atoms with Crippen LogP contribution in [-0.2, 0) is 0 Å². The molecule has 0 spiro atoms. The van der Waals surface area contributed by atoms with Crippen molar-refractivity contribution in [2.45, 2.75) is 64.7 Å². The number of rotatable bonds is 13. The zero-order valence-electron chi connectivity index (χ0n) is 16.4. The van der Waals surface area contributed by atoms with E-state index in [1.54, 1.807) is 6.07 Å². The second kappa shape index (κ2) is 17.1. The molecule has 0 heterocycles. The number of hydrogen-bond acceptors (Lipinski definition) is 5. The fraction of sp³-hybridized carbons (Fsp3) is 0.579. The van der Waals surface area contributed by atoms with Gasteiger partial charge in [-0.25, -0.2) is 0 Å². The van der Waals surface area contributed by atoms with E-state index < -0.39 is 11.9 Å². The number of hydrogen-bond donors (Lipinski definition) is 1. The van der Waals surface area contributed by atoms with Crippen LogP contribution in [0.4, 0.5) is 5.69 Å². The second-order valence-electron chi connectivity index (χ2n) is 6.09. The molecule has 0 aliphatic rings. The van der Waals surface area contributed by atoms with Crippen LogP contribution in [0, 0.1) is 0 Å². The van der Waals surface area contributed by atoms with Crippen molar-refractivity contribution >= 4 is 17.6 Å². The molecule has 1 N–H and O–H groups in total. The molecule has 1 rings (SSSR count). The maximum atomic E-state index is 11.0. The van der Waals surface area contributed by atoms with E-state index in [-0.39, 0.29) is 70.2 Å². The normalized spacial score (nSPS) is 9.73. The molecule has 0 amide bonds. The smallest absolute Gasteiger partial charge is 0.545 e. The minimum absolute atomic E-state index is 0. The molecule has 26 heavy (non-hydrogen) atoms. The summed E-state index contributed by atoms with van der Waals surface area (Å²) >= 11 is 0. The largest absolute Gasteiger partial charge is 1.00 e. The topological polar surface area (TPSA) is 92.3 Å². The molecule has 1 aromatic carbocycles. The van der Waals surface area contributed by atoms with E-state index in [9.17, 15) is 19.8 Å². The first-order valence-electron chi connectivity index (χ1n) is 8.87. The third kappa shape index (κ3) is 11.6. The van der Waals surface area contributed by atoms with Gasteiger partial charge in [-0.3, -0.25) is 0 Å². The van der Waals surface area contributed by atoms with Crippen LogP contribution < -0.4 is 74.6 Å². The zero-order valence-corrected chi connectivity index (χ0v) is 20.4. The van der Waals surface area contributed by atoms with Crippen molar-refractivity contribution in [3.05, 3.63) is 29.3 Å². The number of aromatic carboxylic acids is 2. The zero-order chi connectivity index (χ0) is 17.8. The molecule has 0 radical (unpaired) electrons. The third-order valence-electron chi connectivity index (χ3n) is 4.07. The van der Waals surface area contributed by atoms with Crippen molar-refractivity contribution in [3.8, 4) is 0 Å². The third-order valence-corrected chi connectivity index (χ3v) is 4.07. The van der Waals surface area contributed by atoms with Gasteiger partial charge < -0.3 is 25.1 Å². The van der Waals surface area contributed by atoms with Crippen molar-refractivity contribution in [1.82, 2.24) is 0 Å². The summed E-state index contributed by atoms with van der Waals surface area (Å²) in [4.78, 5) is 21.8. The molecular weight excluding hydrogens is 352 g/mol. The molecule has 0 aliphatic heterocycles. The van der Waals surface area contributed by atoms with Gasteiger partial charge in [0.1, 0.15) is 0 Å². The van der Waals surface area contributed by atoms with E-state index in [4.69, 9.17) is 0 Å². The van der Waals surface area contributed by atoms with Gasteiger partial charge in [0.05, 0.1) is 11.9 Å². The minimum Gasteiger partial charge on any atom is -0.545 e. The quantitative estimate of drug-likeness (QED) is 0.282. The van der Waals surface area contributed by atoms with Crippen molar-refractivity contribution in [1.29, 1.82) is 0 Å². The average Bonchev–Trinajstić information content (AvgIpc) is 2.56. The molecule has 0 aliphatic carbocycles. The van der Waals surface area contributed by atoms with Crippen molar-refractivity contribution < 1.29 is 78.9 Å². The van der Waals surface area contributed by atoms with Crippen LogP contribution in [0.25, 0.3) is 0 Å². The molecule has 134 valence electrons. The summed E-state index contributed by atoms with van der Waals surface area (Å²) in [5.41, 5.74) is -0.130. The Labute approximate surface area is 200 Å². The molecule has 0 fully saturated rings. The molecule has 1 aromatic rings. The molecule has 0 atom stereocenters. The van der Waals surface area contributed by atoms with Crippen molar-refractivity contribution in [2.24, 2.45) is 0 Å². The van der Waals surface area contributed by atoms with Gasteiger partial charge in [0.2, 0.25) is 0 Å². The Kier molecular flexibility index (Phi) is 18.5. The number of carbonyl (C=O) groups excluding carboxylic acids is 2. The Balaban J connectivity index is 0. The Morgan fingerprint density at radius 1 is 0.808 bits per heavy atom. The van der Waals surface area contributed by atoms with Crippen LogP contribution in [-0.4, -0.2) is 18.5 Å². The van der Waals surface area contributed by atoms with E-state index in [1.165, 1.54) is 57.1 Å². The van der Waals surface area contributed by atoms with Gasteiger partial charge in [0.25, 0.3) is 0 Å². The van der Waals surface area contributed by atoms with E-state index in [0.717, 1.165) is 19.4 Å². The molecular formula is C19H27NNa2O4. The summed E-state index contributed by atoms with van der Waals surface area (Å²) in [5, 5.41) is 25.0. The maximum Gasteiger partial charge on any atom is 1.00 e. The Morgan fingerprint density at radius 2 is 1.31 bits per heavy atom. The van der Waals surface area contributed by atoms with Gasteiger partial charge in [-0.15, -0.1) is 0 Å². The SMILES string of the molecule is CCCCCCCCCCCNc1ccc(C(=O)[O-])c(C(=O)[O-])c1.[Na+].[Na+]. The Bertz CT molecular complexity index is 538. The standard InChI is InChI=1S/C19H29NO4.2Na/c1-2-3-4-5-6-7-8-9-10-13-20-15-11-12-16(18(21)22)17(14-15)19(23)24;;/h11-12,14,20H,2-10,13H2,1H3,(H,21,22)(H,23,24);;/q;2*+1/p-2. The predicted molar refractivity (Wildman–Crippen MR) is 90.8 cm³/mol. The Hall–Kier alpha value is -0.0400. The maximum absolute atomic E-state index is 11.0. The molecule has 5 nitrogen and oxygen atoms in total. The van der Waals surface area contributed by atoms with Crippen molar-refractivity contribution in [3.63, 3.8) is 0 Å². The van der Waals surface area contributed by atoms with Crippen LogP contribution in [0.5, 0.6) is 0 Å². The number of nitrogens with one attached hydrogen (secondary N) is 1. The number of carbonyl (C=O) groups is 2.